The molecule has 7 nitrogen and oxygen atoms in total. The van der Waals surface area contributed by atoms with E-state index in [0.717, 1.165) is 4.88 Å². The van der Waals surface area contributed by atoms with Gasteiger partial charge in [0, 0.05) is 22.4 Å². The molecule has 0 spiro atoms. The maximum absolute atomic E-state index is 11.9. The first kappa shape index (κ1) is 14.2. The van der Waals surface area contributed by atoms with E-state index in [1.165, 1.54) is 23.0 Å². The number of hydrogen-bond acceptors (Lipinski definition) is 5. The van der Waals surface area contributed by atoms with Gasteiger partial charge >= 0.3 is 0 Å². The molecule has 1 aromatic carbocycles. The normalized spacial score (nSPS) is 10.7. The lowest BCUT2D eigenvalue weighted by Gasteiger charge is -2.05. The Morgan fingerprint density at radius 2 is 2.27 bits per heavy atom. The Kier molecular flexibility index (Phi) is 3.84. The number of aromatic nitrogens is 2. The number of nitrogens with one attached hydrogen (secondary N) is 1. The van der Waals surface area contributed by atoms with Gasteiger partial charge in [-0.3, -0.25) is 19.6 Å². The molecule has 8 heteroatoms. The molecule has 0 atom stereocenters. The van der Waals surface area contributed by atoms with E-state index in [1.54, 1.807) is 17.4 Å². The zero-order valence-electron chi connectivity index (χ0n) is 11.4. The van der Waals surface area contributed by atoms with Gasteiger partial charge in [-0.25, -0.2) is 0 Å². The van der Waals surface area contributed by atoms with Crippen LogP contribution in [0.4, 0.5) is 5.69 Å². The second-order valence-electron chi connectivity index (χ2n) is 4.66. The van der Waals surface area contributed by atoms with E-state index < -0.39 is 4.92 Å². The van der Waals surface area contributed by atoms with Crippen LogP contribution in [0, 0.1) is 10.1 Å². The van der Waals surface area contributed by atoms with Crippen LogP contribution in [0.25, 0.3) is 10.9 Å². The fourth-order valence-corrected chi connectivity index (χ4v) is 2.75. The molecule has 0 unspecified atom stereocenters. The molecule has 2 heterocycles. The van der Waals surface area contributed by atoms with Crippen LogP contribution in [0.3, 0.4) is 0 Å². The van der Waals surface area contributed by atoms with Crippen LogP contribution in [0.5, 0.6) is 0 Å². The zero-order valence-corrected chi connectivity index (χ0v) is 12.2. The van der Waals surface area contributed by atoms with Gasteiger partial charge in [0.2, 0.25) is 5.91 Å². The van der Waals surface area contributed by atoms with E-state index in [4.69, 9.17) is 0 Å². The van der Waals surface area contributed by atoms with Crippen molar-refractivity contribution in [2.24, 2.45) is 0 Å². The van der Waals surface area contributed by atoms with Crippen LogP contribution in [0.2, 0.25) is 0 Å². The van der Waals surface area contributed by atoms with E-state index in [0.29, 0.717) is 17.4 Å². The molecule has 112 valence electrons. The lowest BCUT2D eigenvalue weighted by molar-refractivity contribution is -0.384. The SMILES string of the molecule is O=C(Cn1ncc2cc([N+](=O)[O-])ccc21)NCc1cccs1. The van der Waals surface area contributed by atoms with Crippen molar-refractivity contribution in [3.05, 3.63) is 56.9 Å². The average molecular weight is 316 g/mol. The fraction of sp³-hybridized carbons (Fsp3) is 0.143. The van der Waals surface area contributed by atoms with Gasteiger partial charge in [-0.2, -0.15) is 5.10 Å². The maximum Gasteiger partial charge on any atom is 0.270 e. The van der Waals surface area contributed by atoms with E-state index in [2.05, 4.69) is 10.4 Å². The Balaban J connectivity index is 1.71. The van der Waals surface area contributed by atoms with Crippen molar-refractivity contribution in [1.29, 1.82) is 0 Å². The lowest BCUT2D eigenvalue weighted by atomic mass is 10.2. The Morgan fingerprint density at radius 3 is 3.00 bits per heavy atom. The van der Waals surface area contributed by atoms with Crippen molar-refractivity contribution in [3.63, 3.8) is 0 Å². The van der Waals surface area contributed by atoms with Gasteiger partial charge in [0.15, 0.2) is 0 Å². The third-order valence-corrected chi connectivity index (χ3v) is 4.05. The summed E-state index contributed by atoms with van der Waals surface area (Å²) in [5.41, 5.74) is 0.700. The van der Waals surface area contributed by atoms with Gasteiger partial charge in [-0.1, -0.05) is 6.07 Å². The van der Waals surface area contributed by atoms with Crippen molar-refractivity contribution in [2.75, 3.05) is 0 Å². The van der Waals surface area contributed by atoms with E-state index in [-0.39, 0.29) is 18.1 Å². The molecular formula is C14H12N4O3S. The van der Waals surface area contributed by atoms with Gasteiger partial charge in [-0.05, 0) is 17.5 Å². The minimum Gasteiger partial charge on any atom is -0.350 e. The number of amides is 1. The molecule has 0 bridgehead atoms. The van der Waals surface area contributed by atoms with Gasteiger partial charge in [0.1, 0.15) is 6.54 Å². The number of nitro groups is 1. The number of thiophene rings is 1. The fourth-order valence-electron chi connectivity index (χ4n) is 2.10. The quantitative estimate of drug-likeness (QED) is 0.578. The molecule has 0 fully saturated rings. The number of non-ortho nitro benzene ring substituents is 1. The molecule has 1 amide bonds. The third kappa shape index (κ3) is 2.96. The molecule has 0 radical (unpaired) electrons. The number of rotatable bonds is 5. The van der Waals surface area contributed by atoms with E-state index in [1.807, 2.05) is 17.5 Å². The molecule has 0 saturated carbocycles. The smallest absolute Gasteiger partial charge is 0.270 e. The number of carbonyl (C=O) groups is 1. The highest BCUT2D eigenvalue weighted by molar-refractivity contribution is 7.09. The first-order valence-corrected chi connectivity index (χ1v) is 7.40. The standard InChI is InChI=1S/C14H12N4O3S/c19-14(15-8-12-2-1-5-22-12)9-17-13-4-3-11(18(20)21)6-10(13)7-16-17/h1-7H,8-9H2,(H,15,19). The second kappa shape index (κ2) is 5.94. The van der Waals surface area contributed by atoms with Crippen molar-refractivity contribution in [1.82, 2.24) is 15.1 Å². The number of fused-ring (bicyclic) bond motifs is 1. The molecule has 22 heavy (non-hydrogen) atoms. The largest absolute Gasteiger partial charge is 0.350 e. The summed E-state index contributed by atoms with van der Waals surface area (Å²) in [7, 11) is 0. The number of hydrogen-bond donors (Lipinski definition) is 1. The monoisotopic (exact) mass is 316 g/mol. The van der Waals surface area contributed by atoms with Crippen LogP contribution in [0.15, 0.2) is 41.9 Å². The Hall–Kier alpha value is -2.74. The minimum absolute atomic E-state index is 0.00852. The highest BCUT2D eigenvalue weighted by Crippen LogP contribution is 2.20. The molecule has 3 rings (SSSR count). The molecule has 0 aliphatic heterocycles. The summed E-state index contributed by atoms with van der Waals surface area (Å²) in [4.78, 5) is 23.3. The van der Waals surface area contributed by atoms with E-state index >= 15 is 0 Å². The van der Waals surface area contributed by atoms with Crippen LogP contribution < -0.4 is 5.32 Å². The average Bonchev–Trinajstić information content (AvgIpc) is 3.14. The molecular weight excluding hydrogens is 304 g/mol. The summed E-state index contributed by atoms with van der Waals surface area (Å²) in [5.74, 6) is -0.156. The lowest BCUT2D eigenvalue weighted by Crippen LogP contribution is -2.27. The highest BCUT2D eigenvalue weighted by atomic mass is 32.1. The molecule has 3 aromatic rings. The summed E-state index contributed by atoms with van der Waals surface area (Å²) in [6, 6.07) is 8.34. The first-order chi connectivity index (χ1) is 10.6. The van der Waals surface area contributed by atoms with Crippen LogP contribution in [-0.4, -0.2) is 20.6 Å². The predicted molar refractivity (Wildman–Crippen MR) is 82.6 cm³/mol. The second-order valence-corrected chi connectivity index (χ2v) is 5.69. The van der Waals surface area contributed by atoms with E-state index in [9.17, 15) is 14.9 Å². The van der Waals surface area contributed by atoms with Crippen LogP contribution in [-0.2, 0) is 17.9 Å². The molecule has 1 N–H and O–H groups in total. The topological polar surface area (TPSA) is 90.1 Å². The molecule has 0 aliphatic rings. The van der Waals surface area contributed by atoms with Gasteiger partial charge in [0.25, 0.3) is 5.69 Å². The summed E-state index contributed by atoms with van der Waals surface area (Å²) in [6.45, 7) is 0.563. The Bertz CT molecular complexity index is 826. The first-order valence-electron chi connectivity index (χ1n) is 6.52. The van der Waals surface area contributed by atoms with Gasteiger partial charge in [0.05, 0.1) is 23.2 Å². The molecule has 0 saturated heterocycles. The summed E-state index contributed by atoms with van der Waals surface area (Å²) in [6.07, 6.45) is 1.52. The predicted octanol–water partition coefficient (Wildman–Crippen LogP) is 2.32. The van der Waals surface area contributed by atoms with Gasteiger partial charge in [-0.15, -0.1) is 11.3 Å². The van der Waals surface area contributed by atoms with Crippen LogP contribution >= 0.6 is 11.3 Å². The number of benzene rings is 1. The Labute approximate surface area is 129 Å². The number of nitrogens with zero attached hydrogens (tertiary/aromatic N) is 3. The summed E-state index contributed by atoms with van der Waals surface area (Å²) < 4.78 is 1.53. The number of nitro benzene ring substituents is 1. The van der Waals surface area contributed by atoms with Crippen molar-refractivity contribution >= 4 is 33.8 Å². The van der Waals surface area contributed by atoms with Gasteiger partial charge < -0.3 is 5.32 Å². The van der Waals surface area contributed by atoms with Crippen molar-refractivity contribution in [2.45, 2.75) is 13.1 Å². The molecule has 0 aliphatic carbocycles. The van der Waals surface area contributed by atoms with Crippen molar-refractivity contribution < 1.29 is 9.72 Å². The maximum atomic E-state index is 11.9. The van der Waals surface area contributed by atoms with Crippen molar-refractivity contribution in [3.8, 4) is 0 Å². The Morgan fingerprint density at radius 1 is 1.41 bits per heavy atom. The molecule has 2 aromatic heterocycles. The summed E-state index contributed by atoms with van der Waals surface area (Å²) >= 11 is 1.58. The highest BCUT2D eigenvalue weighted by Gasteiger charge is 2.11. The zero-order chi connectivity index (χ0) is 15.5. The minimum atomic E-state index is -0.454. The number of carbonyl (C=O) groups excluding carboxylic acids is 1. The van der Waals surface area contributed by atoms with Crippen LogP contribution in [0.1, 0.15) is 4.88 Å². The summed E-state index contributed by atoms with van der Waals surface area (Å²) in [5, 5.41) is 20.3. The third-order valence-electron chi connectivity index (χ3n) is 3.17.